The molecule has 3 atom stereocenters. The highest BCUT2D eigenvalue weighted by atomic mass is 16.5. The summed E-state index contributed by atoms with van der Waals surface area (Å²) < 4.78 is 5.09. The normalized spacial score (nSPS) is 26.4. The Labute approximate surface area is 124 Å². The molecule has 1 saturated carbocycles. The number of benzene rings is 1. The van der Waals surface area contributed by atoms with E-state index in [9.17, 15) is 4.79 Å². The van der Waals surface area contributed by atoms with Crippen molar-refractivity contribution in [1.82, 2.24) is 5.43 Å². The Bertz CT molecular complexity index is 563. The lowest BCUT2D eigenvalue weighted by atomic mass is 9.95. The van der Waals surface area contributed by atoms with Crippen LogP contribution >= 0.6 is 0 Å². The van der Waals surface area contributed by atoms with Gasteiger partial charge < -0.3 is 4.74 Å². The van der Waals surface area contributed by atoms with E-state index in [4.69, 9.17) is 4.74 Å². The Hall–Kier alpha value is -2.10. The van der Waals surface area contributed by atoms with Gasteiger partial charge >= 0.3 is 0 Å². The predicted octanol–water partition coefficient (Wildman–Crippen LogP) is 2.55. The van der Waals surface area contributed by atoms with Gasteiger partial charge in [0.15, 0.2) is 0 Å². The van der Waals surface area contributed by atoms with Gasteiger partial charge in [-0.2, -0.15) is 5.10 Å². The van der Waals surface area contributed by atoms with Crippen LogP contribution in [-0.2, 0) is 11.2 Å². The van der Waals surface area contributed by atoms with Crippen LogP contribution in [0.3, 0.4) is 0 Å². The van der Waals surface area contributed by atoms with Crippen LogP contribution in [0.1, 0.15) is 18.4 Å². The van der Waals surface area contributed by atoms with E-state index in [1.807, 2.05) is 30.5 Å². The standard InChI is InChI=1S/C17H20N2O2/c1-21-16-6-3-12(4-7-16)10-17(20)19-18-11-15-9-13-2-5-14(15)8-13/h2-7,11,13-15H,8-10H2,1H3,(H,19,20)/b18-11-/t13-,14+,15+/m0/s1. The zero-order valence-corrected chi connectivity index (χ0v) is 12.2. The molecule has 1 aromatic rings. The first-order chi connectivity index (χ1) is 10.2. The third kappa shape index (κ3) is 3.32. The largest absolute Gasteiger partial charge is 0.497 e. The topological polar surface area (TPSA) is 50.7 Å². The number of carbonyl (C=O) groups is 1. The number of hydrogen-bond acceptors (Lipinski definition) is 3. The summed E-state index contributed by atoms with van der Waals surface area (Å²) in [4.78, 5) is 11.8. The molecule has 0 aromatic heterocycles. The summed E-state index contributed by atoms with van der Waals surface area (Å²) in [5.41, 5.74) is 3.57. The van der Waals surface area contributed by atoms with Crippen LogP contribution in [0.15, 0.2) is 41.5 Å². The van der Waals surface area contributed by atoms with E-state index in [1.165, 1.54) is 12.8 Å². The van der Waals surface area contributed by atoms with Gasteiger partial charge in [-0.15, -0.1) is 0 Å². The summed E-state index contributed by atoms with van der Waals surface area (Å²) in [6.07, 6.45) is 9.23. The molecule has 21 heavy (non-hydrogen) atoms. The van der Waals surface area contributed by atoms with Gasteiger partial charge in [-0.3, -0.25) is 4.79 Å². The van der Waals surface area contributed by atoms with Gasteiger partial charge in [0.25, 0.3) is 0 Å². The molecule has 4 nitrogen and oxygen atoms in total. The lowest BCUT2D eigenvalue weighted by molar-refractivity contribution is -0.120. The lowest BCUT2D eigenvalue weighted by Gasteiger charge is -2.11. The molecule has 1 aromatic carbocycles. The fourth-order valence-corrected chi connectivity index (χ4v) is 3.17. The number of ether oxygens (including phenoxy) is 1. The maximum absolute atomic E-state index is 11.8. The number of methoxy groups -OCH3 is 1. The minimum Gasteiger partial charge on any atom is -0.497 e. The number of hydrogen-bond donors (Lipinski definition) is 1. The van der Waals surface area contributed by atoms with Crippen molar-refractivity contribution in [1.29, 1.82) is 0 Å². The summed E-state index contributed by atoms with van der Waals surface area (Å²) in [5, 5.41) is 4.12. The molecule has 1 fully saturated rings. The molecule has 2 aliphatic carbocycles. The maximum Gasteiger partial charge on any atom is 0.244 e. The number of fused-ring (bicyclic) bond motifs is 2. The highest BCUT2D eigenvalue weighted by molar-refractivity contribution is 5.79. The maximum atomic E-state index is 11.8. The molecule has 0 heterocycles. The summed E-state index contributed by atoms with van der Waals surface area (Å²) in [5.74, 6) is 2.54. The van der Waals surface area contributed by atoms with Crippen molar-refractivity contribution in [2.45, 2.75) is 19.3 Å². The molecule has 0 saturated heterocycles. The Kier molecular flexibility index (Phi) is 4.04. The number of allylic oxidation sites excluding steroid dienone is 2. The van der Waals surface area contributed by atoms with Crippen LogP contribution in [0, 0.1) is 17.8 Å². The van der Waals surface area contributed by atoms with E-state index in [1.54, 1.807) is 7.11 Å². The molecule has 0 radical (unpaired) electrons. The third-order valence-corrected chi connectivity index (χ3v) is 4.31. The minimum absolute atomic E-state index is 0.0879. The van der Waals surface area contributed by atoms with E-state index in [2.05, 4.69) is 22.7 Å². The van der Waals surface area contributed by atoms with Crippen molar-refractivity contribution in [3.05, 3.63) is 42.0 Å². The first-order valence-electron chi connectivity index (χ1n) is 7.38. The van der Waals surface area contributed by atoms with E-state index < -0.39 is 0 Å². The minimum atomic E-state index is -0.0879. The Morgan fingerprint density at radius 2 is 2.14 bits per heavy atom. The number of carbonyl (C=O) groups excluding carboxylic acids is 1. The van der Waals surface area contributed by atoms with Crippen LogP contribution in [0.2, 0.25) is 0 Å². The molecule has 110 valence electrons. The highest BCUT2D eigenvalue weighted by Crippen LogP contribution is 2.42. The Morgan fingerprint density at radius 1 is 1.33 bits per heavy atom. The van der Waals surface area contributed by atoms with E-state index in [0.717, 1.165) is 17.2 Å². The van der Waals surface area contributed by atoms with Crippen molar-refractivity contribution in [3.63, 3.8) is 0 Å². The smallest absolute Gasteiger partial charge is 0.244 e. The van der Waals surface area contributed by atoms with Crippen molar-refractivity contribution < 1.29 is 9.53 Å². The van der Waals surface area contributed by atoms with E-state index in [-0.39, 0.29) is 5.91 Å². The van der Waals surface area contributed by atoms with Crippen LogP contribution in [-0.4, -0.2) is 19.2 Å². The molecular formula is C17H20N2O2. The Morgan fingerprint density at radius 3 is 2.76 bits per heavy atom. The number of nitrogens with zero attached hydrogens (tertiary/aromatic N) is 1. The second-order valence-electron chi connectivity index (χ2n) is 5.78. The summed E-state index contributed by atoms with van der Waals surface area (Å²) in [6, 6.07) is 7.49. The van der Waals surface area contributed by atoms with Crippen molar-refractivity contribution in [2.24, 2.45) is 22.9 Å². The molecule has 2 aliphatic rings. The van der Waals surface area contributed by atoms with Gasteiger partial charge in [0.1, 0.15) is 5.75 Å². The molecule has 4 heteroatoms. The van der Waals surface area contributed by atoms with Gasteiger partial charge in [-0.25, -0.2) is 5.43 Å². The van der Waals surface area contributed by atoms with Crippen molar-refractivity contribution in [3.8, 4) is 5.75 Å². The molecule has 3 rings (SSSR count). The molecule has 1 amide bonds. The van der Waals surface area contributed by atoms with Gasteiger partial charge in [-0.05, 0) is 42.4 Å². The molecule has 0 aliphatic heterocycles. The lowest BCUT2D eigenvalue weighted by Crippen LogP contribution is -2.21. The van der Waals surface area contributed by atoms with Gasteiger partial charge in [0.05, 0.1) is 13.5 Å². The second kappa shape index (κ2) is 6.12. The molecule has 0 unspecified atom stereocenters. The Balaban J connectivity index is 1.46. The van der Waals surface area contributed by atoms with Crippen LogP contribution < -0.4 is 10.2 Å². The fraction of sp³-hybridized carbons (Fsp3) is 0.412. The number of rotatable bonds is 5. The average Bonchev–Trinajstić information content (AvgIpc) is 3.11. The summed E-state index contributed by atoms with van der Waals surface area (Å²) in [6.45, 7) is 0. The number of amides is 1. The quantitative estimate of drug-likeness (QED) is 0.513. The van der Waals surface area contributed by atoms with Crippen LogP contribution in [0.25, 0.3) is 0 Å². The average molecular weight is 284 g/mol. The molecule has 1 N–H and O–H groups in total. The van der Waals surface area contributed by atoms with Gasteiger partial charge in [0, 0.05) is 12.1 Å². The fourth-order valence-electron chi connectivity index (χ4n) is 3.17. The highest BCUT2D eigenvalue weighted by Gasteiger charge is 2.34. The predicted molar refractivity (Wildman–Crippen MR) is 82.2 cm³/mol. The molecular weight excluding hydrogens is 264 g/mol. The molecule has 0 spiro atoms. The first-order valence-corrected chi connectivity index (χ1v) is 7.38. The van der Waals surface area contributed by atoms with Crippen LogP contribution in [0.4, 0.5) is 0 Å². The first kappa shape index (κ1) is 13.9. The van der Waals surface area contributed by atoms with Gasteiger partial charge in [0.2, 0.25) is 5.91 Å². The van der Waals surface area contributed by atoms with Gasteiger partial charge in [-0.1, -0.05) is 24.3 Å². The van der Waals surface area contributed by atoms with E-state index in [0.29, 0.717) is 18.3 Å². The SMILES string of the molecule is COc1ccc(CC(=O)N/N=C\[C@H]2C[C@H]3C=C[C@@H]2C3)cc1. The number of nitrogens with one attached hydrogen (secondary N) is 1. The number of hydrazone groups is 1. The monoisotopic (exact) mass is 284 g/mol. The second-order valence-corrected chi connectivity index (χ2v) is 5.78. The van der Waals surface area contributed by atoms with Crippen molar-refractivity contribution in [2.75, 3.05) is 7.11 Å². The third-order valence-electron chi connectivity index (χ3n) is 4.31. The molecule has 2 bridgehead atoms. The van der Waals surface area contributed by atoms with E-state index >= 15 is 0 Å². The zero-order chi connectivity index (χ0) is 14.7. The van der Waals surface area contributed by atoms with Crippen LogP contribution in [0.5, 0.6) is 5.75 Å². The zero-order valence-electron chi connectivity index (χ0n) is 12.2. The summed E-state index contributed by atoms with van der Waals surface area (Å²) >= 11 is 0. The van der Waals surface area contributed by atoms with Crippen molar-refractivity contribution >= 4 is 12.1 Å². The summed E-state index contributed by atoms with van der Waals surface area (Å²) in [7, 11) is 1.63.